The number of benzene rings is 1. The zero-order chi connectivity index (χ0) is 12.5. The highest BCUT2D eigenvalue weighted by Gasteiger charge is 2.07. The first-order valence-corrected chi connectivity index (χ1v) is 6.42. The fourth-order valence-electron chi connectivity index (χ4n) is 1.97. The number of hydrogen-bond acceptors (Lipinski definition) is 2. The van der Waals surface area contributed by atoms with Gasteiger partial charge in [-0.1, -0.05) is 34.1 Å². The number of aromatic hydroxyl groups is 1. The number of pyridine rings is 1. The van der Waals surface area contributed by atoms with Crippen molar-refractivity contribution in [2.45, 2.75) is 6.42 Å². The van der Waals surface area contributed by atoms with Crippen molar-refractivity contribution < 1.29 is 5.11 Å². The van der Waals surface area contributed by atoms with Gasteiger partial charge in [-0.25, -0.2) is 4.98 Å². The molecule has 0 unspecified atom stereocenters. The Morgan fingerprint density at radius 2 is 2.00 bits per heavy atom. The van der Waals surface area contributed by atoms with E-state index in [1.165, 1.54) is 5.56 Å². The first-order chi connectivity index (χ1) is 8.74. The Morgan fingerprint density at radius 3 is 2.78 bits per heavy atom. The lowest BCUT2D eigenvalue weighted by Crippen LogP contribution is -1.89. The summed E-state index contributed by atoms with van der Waals surface area (Å²) in [4.78, 5) is 4.44. The largest absolute Gasteiger partial charge is 0.504 e. The molecule has 0 aliphatic rings. The van der Waals surface area contributed by atoms with Crippen molar-refractivity contribution in [3.63, 3.8) is 0 Å². The minimum absolute atomic E-state index is 0.205. The van der Waals surface area contributed by atoms with E-state index in [0.717, 1.165) is 16.6 Å². The number of aromatic nitrogens is 2. The lowest BCUT2D eigenvalue weighted by molar-refractivity contribution is 0.477. The number of rotatable bonds is 2. The molecule has 18 heavy (non-hydrogen) atoms. The van der Waals surface area contributed by atoms with Gasteiger partial charge in [0.15, 0.2) is 11.4 Å². The van der Waals surface area contributed by atoms with Crippen LogP contribution in [0, 0.1) is 0 Å². The van der Waals surface area contributed by atoms with Crippen LogP contribution in [0.4, 0.5) is 0 Å². The maximum Gasteiger partial charge on any atom is 0.179 e. The molecule has 3 nitrogen and oxygen atoms in total. The topological polar surface area (TPSA) is 37.5 Å². The highest BCUT2D eigenvalue weighted by Crippen LogP contribution is 2.21. The number of halogens is 1. The summed E-state index contributed by atoms with van der Waals surface area (Å²) in [5, 5.41) is 9.71. The summed E-state index contributed by atoms with van der Waals surface area (Å²) in [7, 11) is 0. The van der Waals surface area contributed by atoms with Crippen LogP contribution in [0.3, 0.4) is 0 Å². The van der Waals surface area contributed by atoms with Gasteiger partial charge in [0.1, 0.15) is 0 Å². The van der Waals surface area contributed by atoms with E-state index in [9.17, 15) is 5.11 Å². The van der Waals surface area contributed by atoms with E-state index in [0.29, 0.717) is 5.65 Å². The van der Waals surface area contributed by atoms with E-state index in [-0.39, 0.29) is 5.75 Å². The van der Waals surface area contributed by atoms with Gasteiger partial charge in [-0.15, -0.1) is 0 Å². The molecule has 1 aromatic carbocycles. The average Bonchev–Trinajstić information content (AvgIpc) is 2.76. The van der Waals surface area contributed by atoms with Crippen LogP contribution >= 0.6 is 15.9 Å². The molecule has 3 rings (SSSR count). The van der Waals surface area contributed by atoms with Crippen molar-refractivity contribution in [3.8, 4) is 5.75 Å². The Labute approximate surface area is 113 Å². The summed E-state index contributed by atoms with van der Waals surface area (Å²) in [6.07, 6.45) is 4.56. The van der Waals surface area contributed by atoms with Crippen LogP contribution in [0.15, 0.2) is 53.3 Å². The summed E-state index contributed by atoms with van der Waals surface area (Å²) in [6.45, 7) is 0. The van der Waals surface area contributed by atoms with Gasteiger partial charge in [-0.3, -0.25) is 0 Å². The van der Waals surface area contributed by atoms with Crippen molar-refractivity contribution in [3.05, 3.63) is 64.5 Å². The Morgan fingerprint density at radius 1 is 1.17 bits per heavy atom. The monoisotopic (exact) mass is 302 g/mol. The maximum absolute atomic E-state index is 9.71. The van der Waals surface area contributed by atoms with Crippen LogP contribution in [0.2, 0.25) is 0 Å². The molecular formula is C14H11BrN2O. The van der Waals surface area contributed by atoms with Crippen molar-refractivity contribution >= 4 is 21.6 Å². The summed E-state index contributed by atoms with van der Waals surface area (Å²) < 4.78 is 2.91. The lowest BCUT2D eigenvalue weighted by atomic mass is 10.1. The van der Waals surface area contributed by atoms with Crippen LogP contribution in [0.5, 0.6) is 5.75 Å². The third kappa shape index (κ3) is 1.99. The third-order valence-electron chi connectivity index (χ3n) is 2.84. The molecule has 0 spiro atoms. The Bertz CT molecular complexity index is 706. The van der Waals surface area contributed by atoms with E-state index >= 15 is 0 Å². The Kier molecular flexibility index (Phi) is 2.80. The molecule has 3 aromatic rings. The standard InChI is InChI=1S/C14H11BrN2O/c15-12-5-2-1-4-10(12)8-11-9-17-7-3-6-13(18)14(17)16-11/h1-7,9,18H,8H2. The van der Waals surface area contributed by atoms with Crippen LogP contribution in [-0.2, 0) is 6.42 Å². The summed E-state index contributed by atoms with van der Waals surface area (Å²) >= 11 is 3.53. The molecule has 0 radical (unpaired) electrons. The average molecular weight is 303 g/mol. The van der Waals surface area contributed by atoms with E-state index in [2.05, 4.69) is 27.0 Å². The van der Waals surface area contributed by atoms with Crippen LogP contribution in [-0.4, -0.2) is 14.5 Å². The zero-order valence-electron chi connectivity index (χ0n) is 9.55. The Hall–Kier alpha value is -1.81. The highest BCUT2D eigenvalue weighted by atomic mass is 79.9. The molecule has 1 N–H and O–H groups in total. The van der Waals surface area contributed by atoms with E-state index in [1.54, 1.807) is 12.1 Å². The third-order valence-corrected chi connectivity index (χ3v) is 3.62. The van der Waals surface area contributed by atoms with Gasteiger partial charge in [-0.05, 0) is 23.8 Å². The molecule has 90 valence electrons. The minimum Gasteiger partial charge on any atom is -0.504 e. The van der Waals surface area contributed by atoms with E-state index < -0.39 is 0 Å². The molecule has 2 aromatic heterocycles. The van der Waals surface area contributed by atoms with Crippen LogP contribution in [0.1, 0.15) is 11.3 Å². The SMILES string of the molecule is Oc1cccn2cc(Cc3ccccc3Br)nc12. The first-order valence-electron chi connectivity index (χ1n) is 5.63. The maximum atomic E-state index is 9.71. The van der Waals surface area contributed by atoms with Crippen molar-refractivity contribution in [1.29, 1.82) is 0 Å². The first kappa shape index (κ1) is 11.3. The molecule has 0 saturated carbocycles. The molecule has 0 aliphatic carbocycles. The molecule has 0 amide bonds. The number of fused-ring (bicyclic) bond motifs is 1. The predicted molar refractivity (Wildman–Crippen MR) is 73.8 cm³/mol. The van der Waals surface area contributed by atoms with Crippen molar-refractivity contribution in [2.24, 2.45) is 0 Å². The normalized spacial score (nSPS) is 10.9. The smallest absolute Gasteiger partial charge is 0.179 e. The van der Waals surface area contributed by atoms with Gasteiger partial charge in [0.05, 0.1) is 5.69 Å². The fraction of sp³-hybridized carbons (Fsp3) is 0.0714. The summed E-state index contributed by atoms with van der Waals surface area (Å²) in [6, 6.07) is 11.5. The molecule has 0 saturated heterocycles. The van der Waals surface area contributed by atoms with Crippen LogP contribution < -0.4 is 0 Å². The second-order valence-electron chi connectivity index (χ2n) is 4.12. The molecule has 0 bridgehead atoms. The zero-order valence-corrected chi connectivity index (χ0v) is 11.1. The van der Waals surface area contributed by atoms with Gasteiger partial charge >= 0.3 is 0 Å². The molecular weight excluding hydrogens is 292 g/mol. The molecule has 4 heteroatoms. The lowest BCUT2D eigenvalue weighted by Gasteiger charge is -2.00. The minimum atomic E-state index is 0.205. The van der Waals surface area contributed by atoms with E-state index in [1.807, 2.05) is 35.0 Å². The molecule has 0 atom stereocenters. The molecule has 0 aliphatic heterocycles. The van der Waals surface area contributed by atoms with Crippen molar-refractivity contribution in [1.82, 2.24) is 9.38 Å². The van der Waals surface area contributed by atoms with Gasteiger partial charge in [0, 0.05) is 23.3 Å². The van der Waals surface area contributed by atoms with Gasteiger partial charge in [0.25, 0.3) is 0 Å². The van der Waals surface area contributed by atoms with E-state index in [4.69, 9.17) is 0 Å². The summed E-state index contributed by atoms with van der Waals surface area (Å²) in [5.74, 6) is 0.205. The quantitative estimate of drug-likeness (QED) is 0.788. The van der Waals surface area contributed by atoms with Crippen molar-refractivity contribution in [2.75, 3.05) is 0 Å². The predicted octanol–water partition coefficient (Wildman–Crippen LogP) is 3.39. The molecule has 2 heterocycles. The Balaban J connectivity index is 2.01. The fourth-order valence-corrected chi connectivity index (χ4v) is 2.40. The molecule has 0 fully saturated rings. The van der Waals surface area contributed by atoms with Gasteiger partial charge in [0.2, 0.25) is 0 Å². The van der Waals surface area contributed by atoms with Gasteiger partial charge < -0.3 is 9.51 Å². The summed E-state index contributed by atoms with van der Waals surface area (Å²) in [5.41, 5.74) is 2.71. The number of nitrogens with zero attached hydrogens (tertiary/aromatic N) is 2. The second kappa shape index (κ2) is 4.46. The highest BCUT2D eigenvalue weighted by molar-refractivity contribution is 9.10. The number of hydrogen-bond donors (Lipinski definition) is 1. The van der Waals surface area contributed by atoms with Gasteiger partial charge in [-0.2, -0.15) is 0 Å². The van der Waals surface area contributed by atoms with Crippen LogP contribution in [0.25, 0.3) is 5.65 Å². The number of imidazole rings is 1. The second-order valence-corrected chi connectivity index (χ2v) is 4.98.